The van der Waals surface area contributed by atoms with E-state index in [1.807, 2.05) is 0 Å². The van der Waals surface area contributed by atoms with E-state index in [1.54, 1.807) is 23.1 Å². The van der Waals surface area contributed by atoms with Crippen molar-refractivity contribution in [3.05, 3.63) is 18.2 Å². The third-order valence-corrected chi connectivity index (χ3v) is 10.1. The molecule has 5 nitrogen and oxygen atoms in total. The number of thiazole rings is 1. The molecule has 0 spiro atoms. The molecule has 4 saturated carbocycles. The number of carbonyl (C=O) groups excluding carboxylic acids is 1. The first-order valence-corrected chi connectivity index (χ1v) is 14.2. The molecular formula is C25H33N3O2S2. The van der Waals surface area contributed by atoms with Gasteiger partial charge in [-0.1, -0.05) is 11.3 Å². The van der Waals surface area contributed by atoms with Crippen LogP contribution in [0.5, 0.6) is 0 Å². The first-order valence-electron chi connectivity index (χ1n) is 12.2. The maximum Gasteiger partial charge on any atom is 0.235 e. The van der Waals surface area contributed by atoms with Crippen LogP contribution in [0.1, 0.15) is 38.5 Å². The summed E-state index contributed by atoms with van der Waals surface area (Å²) in [6, 6.07) is 6.46. The summed E-state index contributed by atoms with van der Waals surface area (Å²) in [6.07, 6.45) is 9.50. The van der Waals surface area contributed by atoms with E-state index in [1.165, 1.54) is 28.9 Å². The normalized spacial score (nSPS) is 32.0. The van der Waals surface area contributed by atoms with E-state index < -0.39 is 0 Å². The maximum atomic E-state index is 14.3. The highest BCUT2D eigenvalue weighted by molar-refractivity contribution is 7.98. The van der Waals surface area contributed by atoms with Crippen molar-refractivity contribution in [3.63, 3.8) is 0 Å². The molecule has 1 aliphatic heterocycles. The summed E-state index contributed by atoms with van der Waals surface area (Å²) in [4.78, 5) is 25.1. The number of benzene rings is 1. The van der Waals surface area contributed by atoms with Crippen molar-refractivity contribution < 1.29 is 9.53 Å². The topological polar surface area (TPSA) is 45.7 Å². The Bertz CT molecular complexity index is 965. The highest BCUT2D eigenvalue weighted by Crippen LogP contribution is 2.60. The molecule has 4 bridgehead atoms. The molecule has 5 aliphatic rings. The molecule has 1 amide bonds. The van der Waals surface area contributed by atoms with E-state index >= 15 is 0 Å². The Morgan fingerprint density at radius 3 is 2.53 bits per heavy atom. The number of aromatic nitrogens is 1. The zero-order valence-corrected chi connectivity index (χ0v) is 20.6. The molecule has 0 atom stereocenters. The van der Waals surface area contributed by atoms with Gasteiger partial charge in [-0.05, 0) is 80.7 Å². The van der Waals surface area contributed by atoms with Crippen LogP contribution >= 0.6 is 23.1 Å². The summed E-state index contributed by atoms with van der Waals surface area (Å²) >= 11 is 3.45. The van der Waals surface area contributed by atoms with E-state index in [-0.39, 0.29) is 5.41 Å². The fourth-order valence-electron chi connectivity index (χ4n) is 7.14. The predicted octanol–water partition coefficient (Wildman–Crippen LogP) is 4.90. The van der Waals surface area contributed by atoms with Gasteiger partial charge in [0.1, 0.15) is 0 Å². The van der Waals surface area contributed by atoms with Gasteiger partial charge in [0, 0.05) is 31.1 Å². The van der Waals surface area contributed by atoms with Gasteiger partial charge in [-0.25, -0.2) is 4.98 Å². The van der Waals surface area contributed by atoms with Crippen molar-refractivity contribution in [2.75, 3.05) is 50.5 Å². The third kappa shape index (κ3) is 3.89. The number of fused-ring (bicyclic) bond motifs is 1. The first kappa shape index (κ1) is 21.4. The molecule has 1 aromatic heterocycles. The average molecular weight is 472 g/mol. The van der Waals surface area contributed by atoms with Crippen molar-refractivity contribution in [2.45, 2.75) is 43.4 Å². The van der Waals surface area contributed by atoms with Crippen LogP contribution in [0, 0.1) is 23.2 Å². The van der Waals surface area contributed by atoms with E-state index in [0.29, 0.717) is 5.91 Å². The highest BCUT2D eigenvalue weighted by atomic mass is 32.2. The quantitative estimate of drug-likeness (QED) is 0.561. The predicted molar refractivity (Wildman–Crippen MR) is 132 cm³/mol. The van der Waals surface area contributed by atoms with Gasteiger partial charge in [0.25, 0.3) is 0 Å². The zero-order valence-electron chi connectivity index (χ0n) is 18.9. The number of ether oxygens (including phenoxy) is 1. The van der Waals surface area contributed by atoms with E-state index in [4.69, 9.17) is 9.72 Å². The van der Waals surface area contributed by atoms with Crippen LogP contribution in [0.25, 0.3) is 10.2 Å². The number of morpholine rings is 1. The van der Waals surface area contributed by atoms with Gasteiger partial charge in [0.05, 0.1) is 28.8 Å². The Kier molecular flexibility index (Phi) is 5.73. The largest absolute Gasteiger partial charge is 0.379 e. The number of rotatable bonds is 6. The van der Waals surface area contributed by atoms with Crippen LogP contribution in [0.2, 0.25) is 0 Å². The summed E-state index contributed by atoms with van der Waals surface area (Å²) in [7, 11) is 0. The number of carbonyl (C=O) groups is 1. The van der Waals surface area contributed by atoms with Crippen LogP contribution in [-0.2, 0) is 9.53 Å². The molecule has 0 N–H and O–H groups in total. The molecule has 32 heavy (non-hydrogen) atoms. The van der Waals surface area contributed by atoms with E-state index in [0.717, 1.165) is 87.1 Å². The summed E-state index contributed by atoms with van der Waals surface area (Å²) in [5, 5.41) is 0.896. The molecule has 0 radical (unpaired) electrons. The number of anilines is 1. The third-order valence-electron chi connectivity index (χ3n) is 8.30. The van der Waals surface area contributed by atoms with Crippen LogP contribution in [0.4, 0.5) is 5.13 Å². The number of hydrogen-bond acceptors (Lipinski definition) is 6. The second kappa shape index (κ2) is 8.57. The van der Waals surface area contributed by atoms with Gasteiger partial charge in [0.15, 0.2) is 5.13 Å². The minimum Gasteiger partial charge on any atom is -0.379 e. The molecular weight excluding hydrogens is 438 g/mol. The van der Waals surface area contributed by atoms with Crippen molar-refractivity contribution in [1.82, 2.24) is 9.88 Å². The van der Waals surface area contributed by atoms with Crippen molar-refractivity contribution >= 4 is 44.4 Å². The molecule has 5 fully saturated rings. The lowest BCUT2D eigenvalue weighted by Gasteiger charge is -2.56. The molecule has 7 rings (SSSR count). The van der Waals surface area contributed by atoms with Crippen LogP contribution in [-0.4, -0.2) is 61.4 Å². The Morgan fingerprint density at radius 2 is 1.88 bits per heavy atom. The standard InChI is InChI=1S/C25H33N3O2S2/c1-31-20-2-3-21-22(13-20)32-24(26-21)28(5-4-27-6-8-30-9-7-27)23(29)25-14-17-10-18(15-25)12-19(11-17)16-25/h2-3,13,17-19H,4-12,14-16H2,1H3. The lowest BCUT2D eigenvalue weighted by Crippen LogP contribution is -2.56. The summed E-state index contributed by atoms with van der Waals surface area (Å²) in [5.41, 5.74) is 0.875. The van der Waals surface area contributed by atoms with Crippen molar-refractivity contribution in [3.8, 4) is 0 Å². The molecule has 4 aliphatic carbocycles. The van der Waals surface area contributed by atoms with Gasteiger partial charge in [-0.3, -0.25) is 14.6 Å². The second-order valence-corrected chi connectivity index (χ2v) is 12.3. The molecule has 2 heterocycles. The fraction of sp³-hybridized carbons (Fsp3) is 0.680. The van der Waals surface area contributed by atoms with Crippen molar-refractivity contribution in [1.29, 1.82) is 0 Å². The molecule has 1 saturated heterocycles. The summed E-state index contributed by atoms with van der Waals surface area (Å²) in [5.74, 6) is 2.68. The lowest BCUT2D eigenvalue weighted by atomic mass is 9.49. The Morgan fingerprint density at radius 1 is 1.19 bits per heavy atom. The second-order valence-electron chi connectivity index (χ2n) is 10.4. The van der Waals surface area contributed by atoms with Crippen molar-refractivity contribution in [2.24, 2.45) is 23.2 Å². The zero-order chi connectivity index (χ0) is 21.7. The summed E-state index contributed by atoms with van der Waals surface area (Å²) < 4.78 is 6.71. The van der Waals surface area contributed by atoms with Gasteiger partial charge >= 0.3 is 0 Å². The molecule has 0 unspecified atom stereocenters. The first-order chi connectivity index (χ1) is 15.6. The Balaban J connectivity index is 1.31. The van der Waals surface area contributed by atoms with E-state index in [9.17, 15) is 4.79 Å². The van der Waals surface area contributed by atoms with Gasteiger partial charge in [-0.2, -0.15) is 0 Å². The number of nitrogens with zero attached hydrogens (tertiary/aromatic N) is 3. The Labute approximate surface area is 198 Å². The molecule has 1 aromatic carbocycles. The average Bonchev–Trinajstić information content (AvgIpc) is 3.22. The minimum absolute atomic E-state index is 0.137. The maximum absolute atomic E-state index is 14.3. The van der Waals surface area contributed by atoms with Gasteiger partial charge in [-0.15, -0.1) is 11.8 Å². The highest BCUT2D eigenvalue weighted by Gasteiger charge is 2.56. The molecule has 7 heteroatoms. The fourth-order valence-corrected chi connectivity index (χ4v) is 8.69. The van der Waals surface area contributed by atoms with E-state index in [2.05, 4.69) is 34.3 Å². The minimum atomic E-state index is -0.137. The van der Waals surface area contributed by atoms with Crippen LogP contribution in [0.3, 0.4) is 0 Å². The smallest absolute Gasteiger partial charge is 0.235 e. The molecule has 172 valence electrons. The van der Waals surface area contributed by atoms with Gasteiger partial charge < -0.3 is 4.74 Å². The van der Waals surface area contributed by atoms with Gasteiger partial charge in [0.2, 0.25) is 5.91 Å². The number of thioether (sulfide) groups is 1. The monoisotopic (exact) mass is 471 g/mol. The summed E-state index contributed by atoms with van der Waals surface area (Å²) in [6.45, 7) is 5.12. The van der Waals surface area contributed by atoms with Crippen LogP contribution in [0.15, 0.2) is 23.1 Å². The number of amides is 1. The van der Waals surface area contributed by atoms with Crippen LogP contribution < -0.4 is 4.90 Å². The SMILES string of the molecule is CSc1ccc2nc(N(CCN3CCOCC3)C(=O)C34CC5CC(CC(C5)C3)C4)sc2c1. The molecule has 2 aromatic rings. The number of hydrogen-bond donors (Lipinski definition) is 0. The Hall–Kier alpha value is -1.15. The lowest BCUT2D eigenvalue weighted by molar-refractivity contribution is -0.143.